The molecule has 1 aliphatic heterocycles. The van der Waals surface area contributed by atoms with Gasteiger partial charge in [0.05, 0.1) is 25.1 Å². The monoisotopic (exact) mass is 621 g/mol. The van der Waals surface area contributed by atoms with Gasteiger partial charge in [-0.25, -0.2) is 19.6 Å². The number of alkyl halides is 3. The lowest BCUT2D eigenvalue weighted by Gasteiger charge is -2.39. The van der Waals surface area contributed by atoms with E-state index in [1.807, 2.05) is 6.08 Å². The highest BCUT2D eigenvalue weighted by atomic mass is 32.1. The maximum atomic E-state index is 13.3. The van der Waals surface area contributed by atoms with Crippen molar-refractivity contribution in [1.29, 1.82) is 0 Å². The number of ether oxygens (including phenoxy) is 3. The maximum absolute atomic E-state index is 13.3. The summed E-state index contributed by atoms with van der Waals surface area (Å²) in [7, 11) is 4.46. The number of carbonyl (C=O) groups is 2. The molecular formula is C29H34F3N5O5S. The molecule has 2 amide bonds. The van der Waals surface area contributed by atoms with Crippen LogP contribution in [0.25, 0.3) is 21.7 Å². The summed E-state index contributed by atoms with van der Waals surface area (Å²) in [6, 6.07) is 2.26. The Labute approximate surface area is 251 Å². The number of nitrogens with zero attached hydrogens (tertiary/aromatic N) is 5. The van der Waals surface area contributed by atoms with E-state index >= 15 is 0 Å². The SMILES string of the molecule is C=CCCCCN(C)C(=O)N1CC[C@H](Oc2nc(-c3nc(C(F)(F)F)cs3)nc3c(C)c(OC)ccc23)C[C@H]1C(=O)OC. The predicted molar refractivity (Wildman–Crippen MR) is 155 cm³/mol. The van der Waals surface area contributed by atoms with Gasteiger partial charge in [0, 0.05) is 43.9 Å². The summed E-state index contributed by atoms with van der Waals surface area (Å²) in [5.74, 6) is 0.0548. The molecule has 43 heavy (non-hydrogen) atoms. The van der Waals surface area contributed by atoms with E-state index in [1.54, 1.807) is 31.0 Å². The van der Waals surface area contributed by atoms with E-state index in [4.69, 9.17) is 14.2 Å². The first-order valence-electron chi connectivity index (χ1n) is 13.7. The van der Waals surface area contributed by atoms with Gasteiger partial charge in [-0.2, -0.15) is 18.2 Å². The molecule has 2 aromatic heterocycles. The van der Waals surface area contributed by atoms with Gasteiger partial charge in [0.25, 0.3) is 0 Å². The van der Waals surface area contributed by atoms with Crippen molar-refractivity contribution in [1.82, 2.24) is 24.8 Å². The summed E-state index contributed by atoms with van der Waals surface area (Å²) in [5, 5.41) is 1.40. The van der Waals surface area contributed by atoms with E-state index in [-0.39, 0.29) is 35.7 Å². The number of urea groups is 1. The molecule has 0 aliphatic carbocycles. The van der Waals surface area contributed by atoms with Gasteiger partial charge in [-0.1, -0.05) is 6.08 Å². The number of thiazole rings is 1. The standard InChI is InChI=1S/C29H34F3N5O5S/c1-6-7-8-9-13-36(3)28(39)37-14-12-18(15-20(37)27(38)41-5)42-25-19-10-11-21(40-4)17(2)23(19)34-24(35-25)26-33-22(16-43-26)29(30,31)32/h6,10-11,16,18,20H,1,7-9,12-15H2,2-5H3/t18-,20-/m0/s1. The number of rotatable bonds is 10. The number of amides is 2. The molecule has 0 radical (unpaired) electrons. The van der Waals surface area contributed by atoms with Gasteiger partial charge in [-0.3, -0.25) is 0 Å². The number of benzene rings is 1. The van der Waals surface area contributed by atoms with Gasteiger partial charge in [0.1, 0.15) is 17.9 Å². The van der Waals surface area contributed by atoms with Crippen molar-refractivity contribution in [3.63, 3.8) is 0 Å². The quantitative estimate of drug-likeness (QED) is 0.157. The van der Waals surface area contributed by atoms with Crippen LogP contribution in [-0.4, -0.2) is 83.3 Å². The van der Waals surface area contributed by atoms with E-state index < -0.39 is 30.0 Å². The lowest BCUT2D eigenvalue weighted by molar-refractivity contribution is -0.148. The van der Waals surface area contributed by atoms with Crippen molar-refractivity contribution in [3.8, 4) is 22.5 Å². The molecule has 1 saturated heterocycles. The topological polar surface area (TPSA) is 107 Å². The molecule has 10 nitrogen and oxygen atoms in total. The molecular weight excluding hydrogens is 587 g/mol. The number of carbonyl (C=O) groups excluding carboxylic acids is 2. The molecule has 0 unspecified atom stereocenters. The van der Waals surface area contributed by atoms with Crippen molar-refractivity contribution >= 4 is 34.2 Å². The Morgan fingerprint density at radius 3 is 2.63 bits per heavy atom. The predicted octanol–water partition coefficient (Wildman–Crippen LogP) is 5.88. The minimum Gasteiger partial charge on any atom is -0.496 e. The maximum Gasteiger partial charge on any atom is 0.434 e. The van der Waals surface area contributed by atoms with E-state index in [9.17, 15) is 22.8 Å². The molecule has 1 aromatic carbocycles. The van der Waals surface area contributed by atoms with Crippen LogP contribution in [0.15, 0.2) is 30.2 Å². The lowest BCUT2D eigenvalue weighted by Crippen LogP contribution is -2.56. The van der Waals surface area contributed by atoms with Gasteiger partial charge in [0.15, 0.2) is 16.5 Å². The molecule has 0 N–H and O–H groups in total. The summed E-state index contributed by atoms with van der Waals surface area (Å²) in [6.45, 7) is 6.24. The third-order valence-corrected chi connectivity index (χ3v) is 8.11. The van der Waals surface area contributed by atoms with Crippen LogP contribution in [0.3, 0.4) is 0 Å². The van der Waals surface area contributed by atoms with E-state index in [1.165, 1.54) is 19.1 Å². The molecule has 1 aliphatic rings. The number of halogens is 3. The zero-order valence-electron chi connectivity index (χ0n) is 24.4. The Hall–Kier alpha value is -3.94. The normalized spacial score (nSPS) is 17.0. The number of hydrogen-bond acceptors (Lipinski definition) is 9. The Morgan fingerprint density at radius 1 is 1.21 bits per heavy atom. The molecule has 3 aromatic rings. The Balaban J connectivity index is 1.63. The van der Waals surface area contributed by atoms with Crippen LogP contribution in [0.5, 0.6) is 11.6 Å². The summed E-state index contributed by atoms with van der Waals surface area (Å²) >= 11 is 0.772. The Bertz CT molecular complexity index is 1480. The first-order chi connectivity index (χ1) is 20.5. The second-order valence-electron chi connectivity index (χ2n) is 10.2. The second-order valence-corrected chi connectivity index (χ2v) is 11.0. The zero-order valence-corrected chi connectivity index (χ0v) is 25.3. The summed E-state index contributed by atoms with van der Waals surface area (Å²) in [6.07, 6.45) is -0.266. The zero-order chi connectivity index (χ0) is 31.3. The van der Waals surface area contributed by atoms with Gasteiger partial charge < -0.3 is 24.0 Å². The fraction of sp³-hybridized carbons (Fsp3) is 0.483. The average Bonchev–Trinajstić information content (AvgIpc) is 3.50. The van der Waals surface area contributed by atoms with E-state index in [0.29, 0.717) is 35.2 Å². The van der Waals surface area contributed by atoms with Crippen molar-refractivity contribution in [2.75, 3.05) is 34.4 Å². The molecule has 0 bridgehead atoms. The second kappa shape index (κ2) is 13.6. The Morgan fingerprint density at radius 2 is 1.98 bits per heavy atom. The van der Waals surface area contributed by atoms with Crippen LogP contribution < -0.4 is 9.47 Å². The van der Waals surface area contributed by atoms with Crippen LogP contribution in [0, 0.1) is 6.92 Å². The third-order valence-electron chi connectivity index (χ3n) is 7.27. The number of hydrogen-bond donors (Lipinski definition) is 0. The number of aromatic nitrogens is 3. The summed E-state index contributed by atoms with van der Waals surface area (Å²) in [5.41, 5.74) is 0.0352. The number of esters is 1. The van der Waals surface area contributed by atoms with Crippen molar-refractivity contribution < 1.29 is 37.0 Å². The molecule has 1 fully saturated rings. The van der Waals surface area contributed by atoms with E-state index in [0.717, 1.165) is 36.0 Å². The van der Waals surface area contributed by atoms with Gasteiger partial charge >= 0.3 is 18.2 Å². The van der Waals surface area contributed by atoms with Gasteiger partial charge in [0.2, 0.25) is 5.88 Å². The van der Waals surface area contributed by atoms with Crippen molar-refractivity contribution in [2.45, 2.75) is 57.3 Å². The average molecular weight is 622 g/mol. The van der Waals surface area contributed by atoms with Gasteiger partial charge in [-0.15, -0.1) is 17.9 Å². The number of methoxy groups -OCH3 is 2. The van der Waals surface area contributed by atoms with Gasteiger partial charge in [-0.05, 0) is 38.3 Å². The summed E-state index contributed by atoms with van der Waals surface area (Å²) in [4.78, 5) is 41.9. The van der Waals surface area contributed by atoms with Crippen LogP contribution >= 0.6 is 11.3 Å². The largest absolute Gasteiger partial charge is 0.496 e. The molecule has 0 spiro atoms. The van der Waals surface area contributed by atoms with Crippen LogP contribution in [0.1, 0.15) is 43.4 Å². The third kappa shape index (κ3) is 7.17. The number of aryl methyl sites for hydroxylation is 1. The number of piperidine rings is 1. The lowest BCUT2D eigenvalue weighted by atomic mass is 9.99. The highest BCUT2D eigenvalue weighted by Crippen LogP contribution is 2.37. The fourth-order valence-electron chi connectivity index (χ4n) is 4.94. The number of allylic oxidation sites excluding steroid dienone is 1. The number of unbranched alkanes of at least 4 members (excludes halogenated alkanes) is 2. The minimum absolute atomic E-state index is 0.0229. The van der Waals surface area contributed by atoms with Crippen LogP contribution in [0.4, 0.5) is 18.0 Å². The fourth-order valence-corrected chi connectivity index (χ4v) is 5.70. The highest BCUT2D eigenvalue weighted by molar-refractivity contribution is 7.13. The molecule has 0 saturated carbocycles. The molecule has 3 heterocycles. The first kappa shape index (κ1) is 32.0. The Kier molecular flexibility index (Phi) is 10.1. The van der Waals surface area contributed by atoms with E-state index in [2.05, 4.69) is 21.5 Å². The molecule has 232 valence electrons. The van der Waals surface area contributed by atoms with Crippen LogP contribution in [0.2, 0.25) is 0 Å². The summed E-state index contributed by atoms with van der Waals surface area (Å²) < 4.78 is 56.6. The highest BCUT2D eigenvalue weighted by Gasteiger charge is 2.39. The van der Waals surface area contributed by atoms with Crippen molar-refractivity contribution in [2.24, 2.45) is 0 Å². The number of likely N-dealkylation sites (tertiary alicyclic amines) is 1. The van der Waals surface area contributed by atoms with Crippen LogP contribution in [-0.2, 0) is 15.7 Å². The van der Waals surface area contributed by atoms with Crippen molar-refractivity contribution in [3.05, 3.63) is 41.4 Å². The number of fused-ring (bicyclic) bond motifs is 1. The molecule has 4 rings (SSSR count). The molecule has 2 atom stereocenters. The minimum atomic E-state index is -4.61. The smallest absolute Gasteiger partial charge is 0.434 e. The molecule has 14 heteroatoms. The first-order valence-corrected chi connectivity index (χ1v) is 14.6.